The number of hydrogen-bond donors (Lipinski definition) is 2. The first-order valence-electron chi connectivity index (χ1n) is 7.84. The summed E-state index contributed by atoms with van der Waals surface area (Å²) in [6.45, 7) is 3.95. The Labute approximate surface area is 144 Å². The highest BCUT2D eigenvalue weighted by Gasteiger charge is 2.11. The van der Waals surface area contributed by atoms with E-state index in [0.717, 1.165) is 38.0 Å². The minimum absolute atomic E-state index is 0.151. The fourth-order valence-corrected chi connectivity index (χ4v) is 3.50. The lowest BCUT2D eigenvalue weighted by Crippen LogP contribution is -1.95. The summed E-state index contributed by atoms with van der Waals surface area (Å²) in [4.78, 5) is 23.3. The highest BCUT2D eigenvalue weighted by atomic mass is 32.1. The molecule has 0 saturated carbocycles. The van der Waals surface area contributed by atoms with Crippen LogP contribution in [0.5, 0.6) is 0 Å². The van der Waals surface area contributed by atoms with E-state index in [4.69, 9.17) is 10.1 Å². The Hall–Kier alpha value is -2.47. The van der Waals surface area contributed by atoms with Crippen molar-refractivity contribution < 1.29 is 9.90 Å². The molecule has 0 aliphatic heterocycles. The zero-order valence-electron chi connectivity index (χ0n) is 13.7. The van der Waals surface area contributed by atoms with Gasteiger partial charge in [0.1, 0.15) is 10.8 Å². The average Bonchev–Trinajstić information content (AvgIpc) is 3.09. The van der Waals surface area contributed by atoms with Crippen LogP contribution in [-0.4, -0.2) is 26.0 Å². The van der Waals surface area contributed by atoms with E-state index in [1.807, 2.05) is 44.2 Å². The van der Waals surface area contributed by atoms with E-state index in [9.17, 15) is 4.79 Å². The molecule has 1 aromatic carbocycles. The Bertz CT molecular complexity index is 856. The van der Waals surface area contributed by atoms with Gasteiger partial charge in [-0.3, -0.25) is 4.79 Å². The van der Waals surface area contributed by atoms with Crippen LogP contribution < -0.4 is 0 Å². The lowest BCUT2D eigenvalue weighted by atomic mass is 10.1. The first-order valence-corrected chi connectivity index (χ1v) is 8.66. The van der Waals surface area contributed by atoms with E-state index >= 15 is 0 Å². The molecule has 3 aromatic rings. The van der Waals surface area contributed by atoms with Crippen LogP contribution in [0, 0.1) is 13.8 Å². The Balaban J connectivity index is 1.95. The van der Waals surface area contributed by atoms with Crippen LogP contribution in [0.25, 0.3) is 21.9 Å². The summed E-state index contributed by atoms with van der Waals surface area (Å²) in [6.07, 6.45) is 3.37. The van der Waals surface area contributed by atoms with Crippen LogP contribution >= 0.6 is 11.3 Å². The third-order valence-corrected chi connectivity index (χ3v) is 4.97. The number of benzene rings is 1. The van der Waals surface area contributed by atoms with E-state index in [-0.39, 0.29) is 6.42 Å². The molecule has 0 radical (unpaired) electrons. The number of carboxylic acids is 1. The number of carbonyl (C=O) groups is 1. The maximum atomic E-state index is 10.8. The van der Waals surface area contributed by atoms with Crippen molar-refractivity contribution in [2.24, 2.45) is 0 Å². The van der Waals surface area contributed by atoms with Crippen LogP contribution in [0.1, 0.15) is 41.5 Å². The normalized spacial score (nSPS) is 12.0. The number of aryl methyl sites for hydroxylation is 2. The molecule has 2 aromatic heterocycles. The van der Waals surface area contributed by atoms with Gasteiger partial charge in [0.15, 0.2) is 0 Å². The first-order chi connectivity index (χ1) is 11.5. The standard InChI is InChI=1S/C18H19N3O2S/c1-11-12(2)20-16(19-11)10-13(6-5-9-17(22)23)18-21-14-7-3-4-8-15(14)24-18/h3-4,7-8,10H,5-6,9H2,1-2H3,(H,19,20)(H,22,23). The molecule has 6 heteroatoms. The van der Waals surface area contributed by atoms with E-state index in [1.54, 1.807) is 11.3 Å². The van der Waals surface area contributed by atoms with Crippen LogP contribution in [0.3, 0.4) is 0 Å². The molecule has 5 nitrogen and oxygen atoms in total. The molecular weight excluding hydrogens is 322 g/mol. The zero-order valence-corrected chi connectivity index (χ0v) is 14.5. The van der Waals surface area contributed by atoms with Gasteiger partial charge in [0.05, 0.1) is 15.9 Å². The summed E-state index contributed by atoms with van der Waals surface area (Å²) in [6, 6.07) is 8.01. The monoisotopic (exact) mass is 341 g/mol. The molecule has 0 bridgehead atoms. The van der Waals surface area contributed by atoms with Crippen molar-refractivity contribution in [3.8, 4) is 0 Å². The van der Waals surface area contributed by atoms with E-state index in [2.05, 4.69) is 9.97 Å². The second-order valence-corrected chi connectivity index (χ2v) is 6.77. The number of aromatic nitrogens is 3. The van der Waals surface area contributed by atoms with E-state index < -0.39 is 5.97 Å². The molecule has 0 aliphatic carbocycles. The third-order valence-electron chi connectivity index (χ3n) is 3.86. The van der Waals surface area contributed by atoms with Crippen LogP contribution in [0.15, 0.2) is 24.3 Å². The van der Waals surface area contributed by atoms with Gasteiger partial charge in [0.2, 0.25) is 0 Å². The van der Waals surface area contributed by atoms with Crippen LogP contribution in [0.2, 0.25) is 0 Å². The van der Waals surface area contributed by atoms with Crippen molar-refractivity contribution in [2.45, 2.75) is 33.1 Å². The van der Waals surface area contributed by atoms with Crippen molar-refractivity contribution in [3.05, 3.63) is 46.5 Å². The lowest BCUT2D eigenvalue weighted by molar-refractivity contribution is -0.137. The largest absolute Gasteiger partial charge is 0.481 e. The summed E-state index contributed by atoms with van der Waals surface area (Å²) in [5, 5.41) is 9.81. The van der Waals surface area contributed by atoms with Crippen molar-refractivity contribution in [2.75, 3.05) is 0 Å². The van der Waals surface area contributed by atoms with Gasteiger partial charge in [0, 0.05) is 12.1 Å². The molecule has 3 rings (SSSR count). The zero-order chi connectivity index (χ0) is 17.1. The quantitative estimate of drug-likeness (QED) is 0.695. The Morgan fingerprint density at radius 1 is 1.25 bits per heavy atom. The number of fused-ring (bicyclic) bond motifs is 1. The molecule has 0 aliphatic rings. The van der Waals surface area contributed by atoms with Crippen molar-refractivity contribution >= 4 is 39.2 Å². The van der Waals surface area contributed by atoms with Gasteiger partial charge in [-0.15, -0.1) is 11.3 Å². The number of rotatable bonds is 6. The summed E-state index contributed by atoms with van der Waals surface area (Å²) >= 11 is 1.63. The van der Waals surface area contributed by atoms with Crippen molar-refractivity contribution in [1.82, 2.24) is 15.0 Å². The molecule has 0 unspecified atom stereocenters. The third kappa shape index (κ3) is 3.71. The number of aliphatic carboxylic acids is 1. The van der Waals surface area contributed by atoms with E-state index in [1.165, 1.54) is 0 Å². The van der Waals surface area contributed by atoms with Gasteiger partial charge in [-0.2, -0.15) is 0 Å². The van der Waals surface area contributed by atoms with E-state index in [0.29, 0.717) is 12.8 Å². The van der Waals surface area contributed by atoms with Gasteiger partial charge < -0.3 is 10.1 Å². The van der Waals surface area contributed by atoms with Gasteiger partial charge in [-0.05, 0) is 50.5 Å². The minimum atomic E-state index is -0.775. The first kappa shape index (κ1) is 16.4. The summed E-state index contributed by atoms with van der Waals surface area (Å²) in [7, 11) is 0. The molecule has 2 heterocycles. The fraction of sp³-hybridized carbons (Fsp3) is 0.278. The van der Waals surface area contributed by atoms with Crippen molar-refractivity contribution in [3.63, 3.8) is 0 Å². The topological polar surface area (TPSA) is 78.9 Å². The van der Waals surface area contributed by atoms with Crippen molar-refractivity contribution in [1.29, 1.82) is 0 Å². The number of allylic oxidation sites excluding steroid dienone is 1. The summed E-state index contributed by atoms with van der Waals surface area (Å²) in [5.41, 5.74) is 3.99. The lowest BCUT2D eigenvalue weighted by Gasteiger charge is -2.02. The Morgan fingerprint density at radius 2 is 2.04 bits per heavy atom. The Morgan fingerprint density at radius 3 is 2.71 bits per heavy atom. The highest BCUT2D eigenvalue weighted by Crippen LogP contribution is 2.31. The molecule has 0 amide bonds. The molecule has 0 fully saturated rings. The molecule has 24 heavy (non-hydrogen) atoms. The number of nitrogens with one attached hydrogen (secondary N) is 1. The minimum Gasteiger partial charge on any atom is -0.481 e. The number of hydrogen-bond acceptors (Lipinski definition) is 4. The second kappa shape index (κ2) is 6.97. The van der Waals surface area contributed by atoms with Crippen LogP contribution in [-0.2, 0) is 4.79 Å². The summed E-state index contributed by atoms with van der Waals surface area (Å²) < 4.78 is 1.13. The molecule has 0 spiro atoms. The summed E-state index contributed by atoms with van der Waals surface area (Å²) in [5.74, 6) is 0.0120. The fourth-order valence-electron chi connectivity index (χ4n) is 2.49. The number of H-pyrrole nitrogens is 1. The predicted molar refractivity (Wildman–Crippen MR) is 97.0 cm³/mol. The number of aromatic amines is 1. The van der Waals surface area contributed by atoms with Gasteiger partial charge in [-0.1, -0.05) is 12.1 Å². The number of thiazole rings is 1. The maximum absolute atomic E-state index is 10.8. The SMILES string of the molecule is Cc1nc(C=C(CCCC(=O)O)c2nc3ccccc3s2)[nH]c1C. The highest BCUT2D eigenvalue weighted by molar-refractivity contribution is 7.19. The number of para-hydroxylation sites is 1. The van der Waals surface area contributed by atoms with Gasteiger partial charge >= 0.3 is 5.97 Å². The smallest absolute Gasteiger partial charge is 0.303 e. The number of nitrogens with zero attached hydrogens (tertiary/aromatic N) is 2. The molecule has 0 atom stereocenters. The van der Waals surface area contributed by atoms with Gasteiger partial charge in [0.25, 0.3) is 0 Å². The number of imidazole rings is 1. The Kier molecular flexibility index (Phi) is 4.76. The second-order valence-electron chi connectivity index (χ2n) is 5.74. The van der Waals surface area contributed by atoms with Gasteiger partial charge in [-0.25, -0.2) is 9.97 Å². The molecule has 2 N–H and O–H groups in total. The average molecular weight is 341 g/mol. The molecular formula is C18H19N3O2S. The number of carboxylic acid groups (broad SMARTS) is 1. The maximum Gasteiger partial charge on any atom is 0.303 e. The molecule has 124 valence electrons. The van der Waals surface area contributed by atoms with Crippen LogP contribution in [0.4, 0.5) is 0 Å². The predicted octanol–water partition coefficient (Wildman–Crippen LogP) is 4.43. The molecule has 0 saturated heterocycles.